The first kappa shape index (κ1) is 27.6. The summed E-state index contributed by atoms with van der Waals surface area (Å²) in [6, 6.07) is 24.9. The van der Waals surface area contributed by atoms with Crippen molar-refractivity contribution in [3.63, 3.8) is 0 Å². The molecule has 2 saturated heterocycles. The molecule has 0 N–H and O–H groups in total. The molecule has 0 aliphatic carbocycles. The van der Waals surface area contributed by atoms with E-state index in [1.165, 1.54) is 21.2 Å². The van der Waals surface area contributed by atoms with E-state index in [0.717, 1.165) is 38.0 Å². The molecule has 1 spiro atoms. The fourth-order valence-electron chi connectivity index (χ4n) is 5.59. The van der Waals surface area contributed by atoms with Crippen LogP contribution in [0.2, 0.25) is 0 Å². The number of likely N-dealkylation sites (tertiary alicyclic amines) is 1. The largest absolute Gasteiger partial charge is 0.327 e. The third-order valence-corrected chi connectivity index (χ3v) is 7.66. The first-order valence-corrected chi connectivity index (χ1v) is 14.2. The highest BCUT2D eigenvalue weighted by Crippen LogP contribution is 2.38. The van der Waals surface area contributed by atoms with Gasteiger partial charge in [-0.3, -0.25) is 14.6 Å². The fourth-order valence-corrected chi connectivity index (χ4v) is 5.59. The molecule has 2 aliphatic rings. The number of nitrogens with zero attached hydrogens (tertiary/aromatic N) is 3. The smallest absolute Gasteiger partial charge is 0.309 e. The van der Waals surface area contributed by atoms with Gasteiger partial charge in [0.15, 0.2) is 0 Å². The van der Waals surface area contributed by atoms with Crippen LogP contribution < -0.4 is 0 Å². The van der Waals surface area contributed by atoms with Gasteiger partial charge in [-0.1, -0.05) is 106 Å². The molecule has 0 unspecified atom stereocenters. The lowest BCUT2D eigenvalue weighted by Gasteiger charge is -2.42. The maximum Gasteiger partial charge on any atom is 0.327 e. The Morgan fingerprint density at radius 3 is 2.26 bits per heavy atom. The van der Waals surface area contributed by atoms with E-state index in [1.807, 2.05) is 61.2 Å². The fraction of sp³-hybridized carbons (Fsp3) is 0.394. The molecule has 3 aromatic rings. The van der Waals surface area contributed by atoms with E-state index in [-0.39, 0.29) is 11.9 Å². The van der Waals surface area contributed by atoms with Crippen LogP contribution in [0.15, 0.2) is 78.9 Å². The molecule has 2 heterocycles. The summed E-state index contributed by atoms with van der Waals surface area (Å²) in [6.07, 6.45) is 7.19. The number of benzene rings is 3. The van der Waals surface area contributed by atoms with Crippen molar-refractivity contribution in [2.75, 3.05) is 26.2 Å². The van der Waals surface area contributed by atoms with Crippen molar-refractivity contribution < 1.29 is 9.59 Å². The molecule has 3 aromatic carbocycles. The number of urea groups is 1. The third-order valence-electron chi connectivity index (χ3n) is 7.66. The maximum atomic E-state index is 13.7. The van der Waals surface area contributed by atoms with Gasteiger partial charge in [-0.05, 0) is 47.2 Å². The van der Waals surface area contributed by atoms with Crippen molar-refractivity contribution in [1.29, 1.82) is 0 Å². The Hall–Kier alpha value is -3.44. The second-order valence-electron chi connectivity index (χ2n) is 10.0. The average molecular weight is 512 g/mol. The zero-order valence-electron chi connectivity index (χ0n) is 23.1. The number of piperidine rings is 1. The van der Waals surface area contributed by atoms with Crippen molar-refractivity contribution in [2.24, 2.45) is 0 Å². The lowest BCUT2D eigenvalue weighted by Crippen LogP contribution is -2.56. The first-order valence-electron chi connectivity index (χ1n) is 14.2. The predicted molar refractivity (Wildman–Crippen MR) is 157 cm³/mol. The number of carbonyl (C=O) groups is 2. The molecule has 3 amide bonds. The number of imide groups is 1. The zero-order valence-corrected chi connectivity index (χ0v) is 23.1. The van der Waals surface area contributed by atoms with Gasteiger partial charge in [0.05, 0.1) is 0 Å². The molecule has 0 aromatic heterocycles. The summed E-state index contributed by atoms with van der Waals surface area (Å²) in [5.41, 5.74) is 1.65. The minimum Gasteiger partial charge on any atom is -0.309 e. The van der Waals surface area contributed by atoms with E-state index in [4.69, 9.17) is 0 Å². The molecule has 0 radical (unpaired) electrons. The number of rotatable bonds is 8. The first-order chi connectivity index (χ1) is 18.6. The normalized spacial score (nSPS) is 17.4. The lowest BCUT2D eigenvalue weighted by atomic mass is 9.85. The van der Waals surface area contributed by atoms with Crippen LogP contribution in [-0.2, 0) is 11.3 Å². The Kier molecular flexibility index (Phi) is 9.35. The number of amides is 3. The van der Waals surface area contributed by atoms with Gasteiger partial charge in [-0.25, -0.2) is 4.79 Å². The lowest BCUT2D eigenvalue weighted by molar-refractivity contribution is -0.135. The minimum absolute atomic E-state index is 0.0216. The number of unbranched alkanes of at least 4 members (excludes halogenated alkanes) is 1. The van der Waals surface area contributed by atoms with Gasteiger partial charge in [-0.2, -0.15) is 0 Å². The van der Waals surface area contributed by atoms with Crippen molar-refractivity contribution in [3.05, 3.63) is 90.0 Å². The highest BCUT2D eigenvalue weighted by atomic mass is 16.2. The van der Waals surface area contributed by atoms with Crippen LogP contribution in [0, 0.1) is 0 Å². The SMILES string of the molecule is CC.CCCCN1C(=O)N(C/C=C/c2ccccc2)C(=O)C12CCN(Cc1ccc3ccccc3c1)CC2. The van der Waals surface area contributed by atoms with E-state index < -0.39 is 5.54 Å². The van der Waals surface area contributed by atoms with Gasteiger partial charge in [0.25, 0.3) is 5.91 Å². The van der Waals surface area contributed by atoms with E-state index in [2.05, 4.69) is 54.3 Å². The summed E-state index contributed by atoms with van der Waals surface area (Å²) in [4.78, 5) is 32.9. The van der Waals surface area contributed by atoms with Gasteiger partial charge in [0.2, 0.25) is 0 Å². The maximum absolute atomic E-state index is 13.7. The summed E-state index contributed by atoms with van der Waals surface area (Å²) in [6.45, 7) is 9.57. The van der Waals surface area contributed by atoms with Gasteiger partial charge in [0.1, 0.15) is 5.54 Å². The van der Waals surface area contributed by atoms with Crippen LogP contribution in [-0.4, -0.2) is 58.4 Å². The highest BCUT2D eigenvalue weighted by Gasteiger charge is 2.57. The van der Waals surface area contributed by atoms with Gasteiger partial charge < -0.3 is 4.90 Å². The van der Waals surface area contributed by atoms with E-state index in [9.17, 15) is 9.59 Å². The van der Waals surface area contributed by atoms with Crippen LogP contribution in [0.4, 0.5) is 4.79 Å². The molecule has 0 saturated carbocycles. The second-order valence-corrected chi connectivity index (χ2v) is 10.0. The van der Waals surface area contributed by atoms with Crippen molar-refractivity contribution in [3.8, 4) is 0 Å². The molecule has 5 heteroatoms. The molecular formula is C33H41N3O2. The van der Waals surface area contributed by atoms with E-state index in [1.54, 1.807) is 0 Å². The Morgan fingerprint density at radius 2 is 1.55 bits per heavy atom. The van der Waals surface area contributed by atoms with E-state index >= 15 is 0 Å². The van der Waals surface area contributed by atoms with Crippen LogP contribution in [0.1, 0.15) is 57.6 Å². The summed E-state index contributed by atoms with van der Waals surface area (Å²) in [7, 11) is 0. The summed E-state index contributed by atoms with van der Waals surface area (Å²) >= 11 is 0. The van der Waals surface area contributed by atoms with Crippen molar-refractivity contribution in [1.82, 2.24) is 14.7 Å². The molecule has 0 atom stereocenters. The van der Waals surface area contributed by atoms with E-state index in [0.29, 0.717) is 25.9 Å². The monoisotopic (exact) mass is 511 g/mol. The topological polar surface area (TPSA) is 43.9 Å². The minimum atomic E-state index is -0.702. The zero-order chi connectivity index (χ0) is 27.0. The Balaban J connectivity index is 0.00000164. The molecule has 2 aliphatic heterocycles. The number of hydrogen-bond acceptors (Lipinski definition) is 3. The van der Waals surface area contributed by atoms with Gasteiger partial charge in [-0.15, -0.1) is 0 Å². The average Bonchev–Trinajstić information content (AvgIpc) is 3.15. The van der Waals surface area contributed by atoms with Crippen molar-refractivity contribution >= 4 is 28.8 Å². The molecule has 5 rings (SSSR count). The molecular weight excluding hydrogens is 470 g/mol. The molecule has 5 nitrogen and oxygen atoms in total. The van der Waals surface area contributed by atoms with Gasteiger partial charge in [0, 0.05) is 32.7 Å². The second kappa shape index (κ2) is 12.9. The Labute approximate surface area is 227 Å². The quantitative estimate of drug-likeness (QED) is 0.307. The van der Waals surface area contributed by atoms with Crippen LogP contribution >= 0.6 is 0 Å². The molecule has 200 valence electrons. The Morgan fingerprint density at radius 1 is 0.868 bits per heavy atom. The summed E-state index contributed by atoms with van der Waals surface area (Å²) in [5, 5.41) is 2.51. The summed E-state index contributed by atoms with van der Waals surface area (Å²) in [5.74, 6) is -0.0216. The van der Waals surface area contributed by atoms with Crippen LogP contribution in [0.5, 0.6) is 0 Å². The predicted octanol–water partition coefficient (Wildman–Crippen LogP) is 6.98. The standard InChI is InChI=1S/C31H35N3O2.C2H6/c1-2-3-20-34-30(36)33(19-9-12-25-10-5-4-6-11-25)29(35)31(34)17-21-32(22-18-31)24-26-15-16-27-13-7-8-14-28(27)23-26;1-2/h4-16,23H,2-3,17-22,24H2,1H3;1-2H3/b12-9+;. The molecule has 2 fully saturated rings. The molecule has 0 bridgehead atoms. The summed E-state index contributed by atoms with van der Waals surface area (Å²) < 4.78 is 0. The van der Waals surface area contributed by atoms with Crippen molar-refractivity contribution in [2.45, 2.75) is 58.5 Å². The van der Waals surface area contributed by atoms with Crippen LogP contribution in [0.25, 0.3) is 16.8 Å². The molecule has 38 heavy (non-hydrogen) atoms. The third kappa shape index (κ3) is 5.83. The highest BCUT2D eigenvalue weighted by molar-refractivity contribution is 6.07. The number of hydrogen-bond donors (Lipinski definition) is 0. The number of fused-ring (bicyclic) bond motifs is 1. The van der Waals surface area contributed by atoms with Gasteiger partial charge >= 0.3 is 6.03 Å². The Bertz CT molecular complexity index is 1250. The number of carbonyl (C=O) groups excluding carboxylic acids is 2. The van der Waals surface area contributed by atoms with Crippen LogP contribution in [0.3, 0.4) is 0 Å².